The number of nitrogens with zero attached hydrogens (tertiary/aromatic N) is 2. The number of aromatic nitrogens is 2. The molecule has 2 aromatic rings. The Morgan fingerprint density at radius 1 is 1.26 bits per heavy atom. The molecule has 27 heavy (non-hydrogen) atoms. The predicted octanol–water partition coefficient (Wildman–Crippen LogP) is 2.80. The fraction of sp³-hybridized carbons (Fsp3) is 0.250. The Morgan fingerprint density at radius 3 is 2.56 bits per heavy atom. The minimum atomic E-state index is -0.600. The average Bonchev–Trinajstić information content (AvgIpc) is 2.90. The summed E-state index contributed by atoms with van der Waals surface area (Å²) in [5, 5.41) is 6.92. The molecule has 0 unspecified atom stereocenters. The highest BCUT2D eigenvalue weighted by Gasteiger charge is 2.13. The maximum absolute atomic E-state index is 12.0. The summed E-state index contributed by atoms with van der Waals surface area (Å²) in [5.74, 6) is -0.302. The van der Waals surface area contributed by atoms with E-state index in [-0.39, 0.29) is 6.61 Å². The lowest BCUT2D eigenvalue weighted by Gasteiger charge is -2.06. The second kappa shape index (κ2) is 9.38. The van der Waals surface area contributed by atoms with Crippen LogP contribution in [-0.4, -0.2) is 34.9 Å². The van der Waals surface area contributed by atoms with E-state index < -0.39 is 11.9 Å². The summed E-state index contributed by atoms with van der Waals surface area (Å²) in [4.78, 5) is 23.7. The summed E-state index contributed by atoms with van der Waals surface area (Å²) in [6, 6.07) is 7.20. The van der Waals surface area contributed by atoms with Gasteiger partial charge in [-0.25, -0.2) is 4.79 Å². The Kier molecular flexibility index (Phi) is 6.93. The highest BCUT2D eigenvalue weighted by Crippen LogP contribution is 2.18. The van der Waals surface area contributed by atoms with Crippen LogP contribution in [0.3, 0.4) is 0 Å². The zero-order valence-corrected chi connectivity index (χ0v) is 15.7. The van der Waals surface area contributed by atoms with E-state index >= 15 is 0 Å². The van der Waals surface area contributed by atoms with E-state index in [9.17, 15) is 9.59 Å². The van der Waals surface area contributed by atoms with Crippen molar-refractivity contribution < 1.29 is 19.1 Å². The largest absolute Gasteiger partial charge is 0.490 e. The number of hydrogen-bond donors (Lipinski definition) is 1. The molecule has 0 bridgehead atoms. The van der Waals surface area contributed by atoms with Gasteiger partial charge in [-0.1, -0.05) is 24.8 Å². The molecule has 7 heteroatoms. The molecule has 0 fully saturated rings. The zero-order chi connectivity index (χ0) is 19.8. The Bertz CT molecular complexity index is 851. The first kappa shape index (κ1) is 20.0. The number of carbonyl (C=O) groups excluding carboxylic acids is 2. The maximum Gasteiger partial charge on any atom is 0.331 e. The fourth-order valence-corrected chi connectivity index (χ4v) is 2.31. The number of anilines is 1. The number of rotatable bonds is 8. The van der Waals surface area contributed by atoms with Gasteiger partial charge < -0.3 is 14.8 Å². The molecule has 1 aromatic carbocycles. The van der Waals surface area contributed by atoms with E-state index in [0.717, 1.165) is 11.3 Å². The number of aryl methyl sites for hydroxylation is 2. The van der Waals surface area contributed by atoms with Gasteiger partial charge in [0.1, 0.15) is 12.4 Å². The number of hydrogen-bond acceptors (Lipinski definition) is 5. The van der Waals surface area contributed by atoms with Crippen molar-refractivity contribution in [2.45, 2.75) is 13.8 Å². The minimum absolute atomic E-state index is 0.370. The fourth-order valence-electron chi connectivity index (χ4n) is 2.31. The van der Waals surface area contributed by atoms with Gasteiger partial charge in [0, 0.05) is 13.1 Å². The molecule has 0 atom stereocenters. The third-order valence-electron chi connectivity index (χ3n) is 3.78. The van der Waals surface area contributed by atoms with Crippen molar-refractivity contribution in [2.24, 2.45) is 7.05 Å². The van der Waals surface area contributed by atoms with Crippen LogP contribution in [0.25, 0.3) is 6.08 Å². The van der Waals surface area contributed by atoms with Crippen molar-refractivity contribution >= 4 is 23.6 Å². The molecule has 0 saturated carbocycles. The quantitative estimate of drug-likeness (QED) is 0.440. The number of nitrogens with one attached hydrogen (secondary N) is 1. The van der Waals surface area contributed by atoms with Crippen LogP contribution < -0.4 is 10.1 Å². The first-order valence-electron chi connectivity index (χ1n) is 8.39. The smallest absolute Gasteiger partial charge is 0.331 e. The van der Waals surface area contributed by atoms with Crippen LogP contribution in [0, 0.1) is 13.8 Å². The topological polar surface area (TPSA) is 82.4 Å². The highest BCUT2D eigenvalue weighted by atomic mass is 16.5. The van der Waals surface area contributed by atoms with Crippen LogP contribution >= 0.6 is 0 Å². The van der Waals surface area contributed by atoms with E-state index in [1.165, 1.54) is 6.08 Å². The van der Waals surface area contributed by atoms with Crippen molar-refractivity contribution in [3.05, 3.63) is 59.9 Å². The average molecular weight is 369 g/mol. The third kappa shape index (κ3) is 5.85. The Labute approximate surface area is 158 Å². The molecule has 1 amide bonds. The summed E-state index contributed by atoms with van der Waals surface area (Å²) in [6.45, 7) is 7.29. The van der Waals surface area contributed by atoms with Crippen molar-refractivity contribution in [2.75, 3.05) is 18.5 Å². The maximum atomic E-state index is 12.0. The van der Waals surface area contributed by atoms with Crippen molar-refractivity contribution in [1.29, 1.82) is 0 Å². The van der Waals surface area contributed by atoms with Gasteiger partial charge in [0.05, 0.1) is 17.1 Å². The minimum Gasteiger partial charge on any atom is -0.490 e. The Morgan fingerprint density at radius 2 is 1.96 bits per heavy atom. The number of esters is 1. The van der Waals surface area contributed by atoms with Gasteiger partial charge in [-0.3, -0.25) is 9.48 Å². The van der Waals surface area contributed by atoms with Gasteiger partial charge in [0.25, 0.3) is 5.91 Å². The second-order valence-corrected chi connectivity index (χ2v) is 5.83. The van der Waals surface area contributed by atoms with Gasteiger partial charge in [-0.2, -0.15) is 5.10 Å². The number of ether oxygens (including phenoxy) is 2. The van der Waals surface area contributed by atoms with E-state index in [1.54, 1.807) is 42.9 Å². The standard InChI is InChI=1S/C20H23N3O4/c1-5-12-26-17-9-6-16(7-10-17)8-11-19(25)27-13-18(24)21-20-14(2)22-23(4)15(20)3/h5-11H,1,12-13H2,2-4H3,(H,21,24)/b11-8+. The van der Waals surface area contributed by atoms with Crippen LogP contribution in [0.4, 0.5) is 5.69 Å². The molecule has 0 spiro atoms. The van der Waals surface area contributed by atoms with Crippen LogP contribution in [0.1, 0.15) is 17.0 Å². The molecular formula is C20H23N3O4. The molecule has 0 aliphatic heterocycles. The first-order valence-corrected chi connectivity index (χ1v) is 8.39. The highest BCUT2D eigenvalue weighted by molar-refractivity contribution is 5.95. The normalized spacial score (nSPS) is 10.6. The van der Waals surface area contributed by atoms with Gasteiger partial charge in [0.15, 0.2) is 6.61 Å². The van der Waals surface area contributed by atoms with Crippen molar-refractivity contribution in [3.8, 4) is 5.75 Å². The summed E-state index contributed by atoms with van der Waals surface area (Å²) >= 11 is 0. The Hall–Kier alpha value is -3.35. The van der Waals surface area contributed by atoms with E-state index in [0.29, 0.717) is 23.7 Å². The summed E-state index contributed by atoms with van der Waals surface area (Å²) in [5.41, 5.74) is 2.97. The van der Waals surface area contributed by atoms with Crippen LogP contribution in [-0.2, 0) is 21.4 Å². The molecule has 2 rings (SSSR count). The molecule has 1 heterocycles. The molecule has 142 valence electrons. The lowest BCUT2D eigenvalue weighted by atomic mass is 10.2. The van der Waals surface area contributed by atoms with Gasteiger partial charge in [-0.05, 0) is 37.6 Å². The lowest BCUT2D eigenvalue weighted by Crippen LogP contribution is -2.20. The number of carbonyl (C=O) groups is 2. The molecule has 1 aromatic heterocycles. The second-order valence-electron chi connectivity index (χ2n) is 5.83. The first-order chi connectivity index (χ1) is 12.9. The zero-order valence-electron chi connectivity index (χ0n) is 15.7. The van der Waals surface area contributed by atoms with Gasteiger partial charge in [-0.15, -0.1) is 0 Å². The summed E-state index contributed by atoms with van der Waals surface area (Å²) in [7, 11) is 1.79. The molecule has 0 aliphatic carbocycles. The monoisotopic (exact) mass is 369 g/mol. The number of benzene rings is 1. The molecule has 1 N–H and O–H groups in total. The van der Waals surface area contributed by atoms with Crippen LogP contribution in [0.15, 0.2) is 43.0 Å². The predicted molar refractivity (Wildman–Crippen MR) is 103 cm³/mol. The third-order valence-corrected chi connectivity index (χ3v) is 3.78. The molecule has 7 nitrogen and oxygen atoms in total. The molecule has 0 saturated heterocycles. The van der Waals surface area contributed by atoms with Crippen molar-refractivity contribution in [1.82, 2.24) is 9.78 Å². The summed E-state index contributed by atoms with van der Waals surface area (Å²) in [6.07, 6.45) is 4.54. The SMILES string of the molecule is C=CCOc1ccc(/C=C/C(=O)OCC(=O)Nc2c(C)nn(C)c2C)cc1. The molecule has 0 radical (unpaired) electrons. The van der Waals surface area contributed by atoms with Gasteiger partial charge in [0.2, 0.25) is 0 Å². The molecular weight excluding hydrogens is 346 g/mol. The molecule has 0 aliphatic rings. The van der Waals surface area contributed by atoms with Crippen LogP contribution in [0.5, 0.6) is 5.75 Å². The lowest BCUT2D eigenvalue weighted by molar-refractivity contribution is -0.142. The van der Waals surface area contributed by atoms with E-state index in [4.69, 9.17) is 9.47 Å². The van der Waals surface area contributed by atoms with E-state index in [1.807, 2.05) is 19.1 Å². The Balaban J connectivity index is 1.82. The summed E-state index contributed by atoms with van der Waals surface area (Å²) < 4.78 is 12.0. The van der Waals surface area contributed by atoms with E-state index in [2.05, 4.69) is 17.0 Å². The van der Waals surface area contributed by atoms with Gasteiger partial charge >= 0.3 is 5.97 Å². The van der Waals surface area contributed by atoms with Crippen molar-refractivity contribution in [3.63, 3.8) is 0 Å². The number of amides is 1. The van der Waals surface area contributed by atoms with Crippen LogP contribution in [0.2, 0.25) is 0 Å².